The molecule has 0 saturated carbocycles. The monoisotopic (exact) mass is 153 g/mol. The van der Waals surface area contributed by atoms with Crippen LogP contribution in [0.4, 0.5) is 0 Å². The zero-order valence-electron chi connectivity index (χ0n) is 6.09. The van der Waals surface area contributed by atoms with E-state index in [1.165, 1.54) is 0 Å². The summed E-state index contributed by atoms with van der Waals surface area (Å²) in [4.78, 5) is 4.49. The van der Waals surface area contributed by atoms with Gasteiger partial charge in [0.2, 0.25) is 0 Å². The van der Waals surface area contributed by atoms with Gasteiger partial charge < -0.3 is 4.84 Å². The van der Waals surface area contributed by atoms with Gasteiger partial charge in [0.15, 0.2) is 0 Å². The molecule has 2 nitrogen and oxygen atoms in total. The topological polar surface area (TPSA) is 35.2 Å². The first kappa shape index (κ1) is 11.9. The minimum Gasteiger partial charge on any atom is -0.304 e. The Morgan fingerprint density at radius 1 is 1.33 bits per heavy atom. The third-order valence-corrected chi connectivity index (χ3v) is 1.49. The second kappa shape index (κ2) is 8.21. The summed E-state index contributed by atoms with van der Waals surface area (Å²) in [5.41, 5.74) is 0. The zero-order chi connectivity index (χ0) is 6.41. The van der Waals surface area contributed by atoms with Crippen LogP contribution in [-0.4, -0.2) is 6.61 Å². The van der Waals surface area contributed by atoms with Crippen molar-refractivity contribution in [3.63, 3.8) is 0 Å². The van der Waals surface area contributed by atoms with Crippen LogP contribution in [0.25, 0.3) is 0 Å². The lowest BCUT2D eigenvalue weighted by atomic mass is 10.1. The van der Waals surface area contributed by atoms with Crippen molar-refractivity contribution in [1.82, 2.24) is 0 Å². The van der Waals surface area contributed by atoms with Gasteiger partial charge in [0.05, 0.1) is 6.61 Å². The fourth-order valence-corrected chi connectivity index (χ4v) is 0.660. The Balaban J connectivity index is 0. The summed E-state index contributed by atoms with van der Waals surface area (Å²) in [7, 11) is 0. The molecule has 0 aromatic rings. The fourth-order valence-electron chi connectivity index (χ4n) is 0.660. The maximum atomic E-state index is 4.88. The minimum absolute atomic E-state index is 0. The van der Waals surface area contributed by atoms with Crippen molar-refractivity contribution < 1.29 is 4.84 Å². The van der Waals surface area contributed by atoms with E-state index in [1.54, 1.807) is 0 Å². The predicted molar refractivity (Wildman–Crippen MR) is 41.5 cm³/mol. The van der Waals surface area contributed by atoms with Gasteiger partial charge in [-0.25, -0.2) is 5.90 Å². The Labute approximate surface area is 63.1 Å². The Morgan fingerprint density at radius 2 is 1.78 bits per heavy atom. The van der Waals surface area contributed by atoms with E-state index in [0.29, 0.717) is 12.5 Å². The second-order valence-electron chi connectivity index (χ2n) is 2.02. The van der Waals surface area contributed by atoms with E-state index in [-0.39, 0.29) is 12.4 Å². The normalized spacial score (nSPS) is 9.33. The van der Waals surface area contributed by atoms with E-state index in [1.807, 2.05) is 0 Å². The molecule has 0 saturated heterocycles. The highest BCUT2D eigenvalue weighted by Gasteiger charge is 2.00. The fraction of sp³-hybridized carbons (Fsp3) is 1.00. The summed E-state index contributed by atoms with van der Waals surface area (Å²) in [6.07, 6.45) is 2.32. The summed E-state index contributed by atoms with van der Waals surface area (Å²) in [5, 5.41) is 0. The van der Waals surface area contributed by atoms with E-state index in [2.05, 4.69) is 18.7 Å². The summed E-state index contributed by atoms with van der Waals surface area (Å²) >= 11 is 0. The lowest BCUT2D eigenvalue weighted by Crippen LogP contribution is -2.10. The summed E-state index contributed by atoms with van der Waals surface area (Å²) < 4.78 is 0. The molecular weight excluding hydrogens is 138 g/mol. The van der Waals surface area contributed by atoms with Crippen molar-refractivity contribution in [2.45, 2.75) is 26.7 Å². The minimum atomic E-state index is 0. The van der Waals surface area contributed by atoms with E-state index in [0.717, 1.165) is 12.8 Å². The predicted octanol–water partition coefficient (Wildman–Crippen LogP) is 1.73. The van der Waals surface area contributed by atoms with Crippen LogP contribution in [0.15, 0.2) is 0 Å². The first-order valence-corrected chi connectivity index (χ1v) is 3.16. The highest BCUT2D eigenvalue weighted by molar-refractivity contribution is 5.85. The molecule has 0 radical (unpaired) electrons. The molecule has 0 spiro atoms. The zero-order valence-corrected chi connectivity index (χ0v) is 6.91. The molecule has 3 heteroatoms. The van der Waals surface area contributed by atoms with Gasteiger partial charge in [-0.1, -0.05) is 26.7 Å². The Morgan fingerprint density at radius 3 is 1.89 bits per heavy atom. The van der Waals surface area contributed by atoms with Crippen molar-refractivity contribution in [1.29, 1.82) is 0 Å². The molecule has 58 valence electrons. The van der Waals surface area contributed by atoms with Crippen LogP contribution in [0, 0.1) is 5.92 Å². The van der Waals surface area contributed by atoms with Gasteiger partial charge in [0.25, 0.3) is 0 Å². The quantitative estimate of drug-likeness (QED) is 0.625. The maximum Gasteiger partial charge on any atom is 0.0707 e. The highest BCUT2D eigenvalue weighted by atomic mass is 35.5. The SMILES string of the molecule is CCC(CC)CON.Cl. The highest BCUT2D eigenvalue weighted by Crippen LogP contribution is 2.05. The molecule has 9 heavy (non-hydrogen) atoms. The second-order valence-corrected chi connectivity index (χ2v) is 2.02. The Hall–Kier alpha value is 0.210. The Bertz CT molecular complexity index is 48.3. The number of halogens is 1. The molecule has 0 atom stereocenters. The number of nitrogens with two attached hydrogens (primary N) is 1. The van der Waals surface area contributed by atoms with E-state index in [9.17, 15) is 0 Å². The molecule has 2 N–H and O–H groups in total. The van der Waals surface area contributed by atoms with E-state index >= 15 is 0 Å². The van der Waals surface area contributed by atoms with Crippen LogP contribution < -0.4 is 5.90 Å². The lowest BCUT2D eigenvalue weighted by molar-refractivity contribution is 0.0982. The number of rotatable bonds is 4. The van der Waals surface area contributed by atoms with Gasteiger partial charge in [-0.3, -0.25) is 0 Å². The van der Waals surface area contributed by atoms with E-state index in [4.69, 9.17) is 5.90 Å². The largest absolute Gasteiger partial charge is 0.304 e. The van der Waals surface area contributed by atoms with Crippen molar-refractivity contribution in [3.8, 4) is 0 Å². The lowest BCUT2D eigenvalue weighted by Gasteiger charge is -2.07. The molecule has 0 unspecified atom stereocenters. The van der Waals surface area contributed by atoms with Gasteiger partial charge in [-0.2, -0.15) is 0 Å². The number of hydrogen-bond acceptors (Lipinski definition) is 2. The van der Waals surface area contributed by atoms with Gasteiger partial charge in [0, 0.05) is 0 Å². The molecule has 0 amide bonds. The Kier molecular flexibility index (Phi) is 10.9. The first-order valence-electron chi connectivity index (χ1n) is 3.16. The van der Waals surface area contributed by atoms with Crippen LogP contribution in [0.5, 0.6) is 0 Å². The van der Waals surface area contributed by atoms with Gasteiger partial charge >= 0.3 is 0 Å². The smallest absolute Gasteiger partial charge is 0.0707 e. The molecule has 0 aromatic heterocycles. The van der Waals surface area contributed by atoms with Crippen LogP contribution in [-0.2, 0) is 4.84 Å². The average molecular weight is 154 g/mol. The average Bonchev–Trinajstić information content (AvgIpc) is 1.83. The standard InChI is InChI=1S/C6H15NO.ClH/c1-3-6(4-2)5-8-7;/h6H,3-5,7H2,1-2H3;1H. The molecular formula is C6H16ClNO. The third kappa shape index (κ3) is 6.09. The van der Waals surface area contributed by atoms with Crippen LogP contribution in [0.2, 0.25) is 0 Å². The molecule has 0 rings (SSSR count). The van der Waals surface area contributed by atoms with Gasteiger partial charge in [-0.05, 0) is 5.92 Å². The van der Waals surface area contributed by atoms with Crippen LogP contribution in [0.1, 0.15) is 26.7 Å². The van der Waals surface area contributed by atoms with Gasteiger partial charge in [0.1, 0.15) is 0 Å². The van der Waals surface area contributed by atoms with Crippen molar-refractivity contribution in [3.05, 3.63) is 0 Å². The van der Waals surface area contributed by atoms with Gasteiger partial charge in [-0.15, -0.1) is 12.4 Å². The summed E-state index contributed by atoms with van der Waals surface area (Å²) in [5.74, 6) is 5.53. The molecule has 0 aliphatic rings. The van der Waals surface area contributed by atoms with Crippen LogP contribution in [0.3, 0.4) is 0 Å². The summed E-state index contributed by atoms with van der Waals surface area (Å²) in [6.45, 7) is 4.99. The molecule has 0 bridgehead atoms. The maximum absolute atomic E-state index is 4.88. The molecule has 0 aliphatic carbocycles. The van der Waals surface area contributed by atoms with E-state index < -0.39 is 0 Å². The van der Waals surface area contributed by atoms with Crippen molar-refractivity contribution in [2.75, 3.05) is 6.61 Å². The van der Waals surface area contributed by atoms with Crippen LogP contribution >= 0.6 is 12.4 Å². The van der Waals surface area contributed by atoms with Crippen molar-refractivity contribution in [2.24, 2.45) is 11.8 Å². The summed E-state index contributed by atoms with van der Waals surface area (Å²) in [6, 6.07) is 0. The number of hydrogen-bond donors (Lipinski definition) is 1. The molecule has 0 heterocycles. The first-order chi connectivity index (χ1) is 3.85. The molecule has 0 aliphatic heterocycles. The van der Waals surface area contributed by atoms with Crippen molar-refractivity contribution >= 4 is 12.4 Å². The third-order valence-electron chi connectivity index (χ3n) is 1.49. The molecule has 0 fully saturated rings. The molecule has 0 aromatic carbocycles.